The van der Waals surface area contributed by atoms with Crippen LogP contribution in [0, 0.1) is 12.7 Å². The Labute approximate surface area is 73.6 Å². The summed E-state index contributed by atoms with van der Waals surface area (Å²) in [6, 6.07) is 2.52. The van der Waals surface area contributed by atoms with Crippen molar-refractivity contribution in [1.29, 1.82) is 0 Å². The minimum Gasteiger partial charge on any atom is -0.478 e. The van der Waals surface area contributed by atoms with Gasteiger partial charge in [-0.2, -0.15) is 0 Å². The van der Waals surface area contributed by atoms with Gasteiger partial charge in [0, 0.05) is 0 Å². The molecule has 0 saturated carbocycles. The Balaban J connectivity index is 3.43. The highest BCUT2D eigenvalue weighted by molar-refractivity contribution is 6.33. The number of hydrogen-bond donors (Lipinski definition) is 1. The molecule has 0 aromatic heterocycles. The summed E-state index contributed by atoms with van der Waals surface area (Å²) in [5.41, 5.74) is 0.283. The molecular formula is C8H6ClFO2. The largest absolute Gasteiger partial charge is 0.478 e. The van der Waals surface area contributed by atoms with E-state index in [1.165, 1.54) is 6.07 Å². The van der Waals surface area contributed by atoms with Crippen molar-refractivity contribution in [3.8, 4) is 0 Å². The zero-order valence-corrected chi connectivity index (χ0v) is 7.02. The molecule has 0 saturated heterocycles. The molecule has 0 amide bonds. The average molecular weight is 189 g/mol. The summed E-state index contributed by atoms with van der Waals surface area (Å²) in [5.74, 6) is -1.92. The first-order chi connectivity index (χ1) is 5.54. The molecule has 1 N–H and O–H groups in total. The number of carboxylic acids is 1. The molecule has 0 aliphatic heterocycles. The van der Waals surface area contributed by atoms with Crippen molar-refractivity contribution in [2.45, 2.75) is 6.92 Å². The molecular weight excluding hydrogens is 183 g/mol. The van der Waals surface area contributed by atoms with Crippen LogP contribution in [0.1, 0.15) is 15.9 Å². The molecule has 0 heterocycles. The van der Waals surface area contributed by atoms with E-state index >= 15 is 0 Å². The van der Waals surface area contributed by atoms with Crippen molar-refractivity contribution in [1.82, 2.24) is 0 Å². The normalized spacial score (nSPS) is 9.92. The maximum absolute atomic E-state index is 12.7. The Hall–Kier alpha value is -1.09. The van der Waals surface area contributed by atoms with E-state index in [2.05, 4.69) is 0 Å². The van der Waals surface area contributed by atoms with Crippen molar-refractivity contribution in [3.05, 3.63) is 34.1 Å². The Bertz CT molecular complexity index is 336. The Kier molecular flexibility index (Phi) is 2.33. The lowest BCUT2D eigenvalue weighted by atomic mass is 10.1. The average Bonchev–Trinajstić information content (AvgIpc) is 1.97. The lowest BCUT2D eigenvalue weighted by Crippen LogP contribution is -2.02. The van der Waals surface area contributed by atoms with Crippen molar-refractivity contribution >= 4 is 17.6 Å². The first-order valence-electron chi connectivity index (χ1n) is 3.22. The molecule has 0 radical (unpaired) electrons. The van der Waals surface area contributed by atoms with Gasteiger partial charge in [-0.05, 0) is 18.6 Å². The van der Waals surface area contributed by atoms with E-state index < -0.39 is 11.8 Å². The second-order valence-corrected chi connectivity index (χ2v) is 2.74. The van der Waals surface area contributed by atoms with Crippen LogP contribution in [0.15, 0.2) is 12.1 Å². The first kappa shape index (κ1) is 9.00. The summed E-state index contributed by atoms with van der Waals surface area (Å²) < 4.78 is 12.7. The van der Waals surface area contributed by atoms with Gasteiger partial charge in [0.2, 0.25) is 0 Å². The topological polar surface area (TPSA) is 37.3 Å². The molecule has 1 aromatic rings. The van der Waals surface area contributed by atoms with Gasteiger partial charge in [0.05, 0.1) is 10.6 Å². The Morgan fingerprint density at radius 1 is 1.58 bits per heavy atom. The molecule has 12 heavy (non-hydrogen) atoms. The van der Waals surface area contributed by atoms with Gasteiger partial charge in [0.1, 0.15) is 5.82 Å². The highest BCUT2D eigenvalue weighted by atomic mass is 35.5. The molecule has 0 unspecified atom stereocenters. The third kappa shape index (κ3) is 1.41. The van der Waals surface area contributed by atoms with E-state index in [9.17, 15) is 9.18 Å². The number of rotatable bonds is 1. The third-order valence-electron chi connectivity index (χ3n) is 1.52. The van der Waals surface area contributed by atoms with E-state index in [0.29, 0.717) is 5.56 Å². The van der Waals surface area contributed by atoms with Gasteiger partial charge in [-0.3, -0.25) is 0 Å². The van der Waals surface area contributed by atoms with Gasteiger partial charge < -0.3 is 5.11 Å². The van der Waals surface area contributed by atoms with Crippen molar-refractivity contribution in [2.75, 3.05) is 0 Å². The number of hydrogen-bond acceptors (Lipinski definition) is 1. The maximum atomic E-state index is 12.7. The van der Waals surface area contributed by atoms with Gasteiger partial charge in [0.15, 0.2) is 0 Å². The van der Waals surface area contributed by atoms with E-state index in [1.54, 1.807) is 6.92 Å². The number of benzene rings is 1. The molecule has 0 bridgehead atoms. The van der Waals surface area contributed by atoms with Crippen LogP contribution in [0.4, 0.5) is 4.39 Å². The van der Waals surface area contributed by atoms with E-state index in [4.69, 9.17) is 16.7 Å². The van der Waals surface area contributed by atoms with Crippen LogP contribution < -0.4 is 0 Å². The summed E-state index contributed by atoms with van der Waals surface area (Å²) in [5, 5.41) is 8.29. The standard InChI is InChI=1S/C8H6ClFO2/c1-4-2-3-5(10)7(9)6(4)8(11)12/h2-3H,1H3,(H,11,12). The highest BCUT2D eigenvalue weighted by Gasteiger charge is 2.14. The van der Waals surface area contributed by atoms with Crippen LogP contribution in [0.3, 0.4) is 0 Å². The Morgan fingerprint density at radius 3 is 2.58 bits per heavy atom. The van der Waals surface area contributed by atoms with E-state index in [-0.39, 0.29) is 10.6 Å². The second-order valence-electron chi connectivity index (χ2n) is 2.36. The minimum atomic E-state index is -1.21. The van der Waals surface area contributed by atoms with E-state index in [0.717, 1.165) is 6.07 Å². The molecule has 0 spiro atoms. The summed E-state index contributed by atoms with van der Waals surface area (Å²) in [4.78, 5) is 10.5. The first-order valence-corrected chi connectivity index (χ1v) is 3.59. The molecule has 2 nitrogen and oxygen atoms in total. The van der Waals surface area contributed by atoms with Gasteiger partial charge in [-0.25, -0.2) is 9.18 Å². The zero-order chi connectivity index (χ0) is 9.30. The predicted molar refractivity (Wildman–Crippen MR) is 43.1 cm³/mol. The van der Waals surface area contributed by atoms with Crippen LogP contribution in [-0.2, 0) is 0 Å². The van der Waals surface area contributed by atoms with Crippen molar-refractivity contribution in [3.63, 3.8) is 0 Å². The highest BCUT2D eigenvalue weighted by Crippen LogP contribution is 2.22. The van der Waals surface area contributed by atoms with Crippen molar-refractivity contribution < 1.29 is 14.3 Å². The fraction of sp³-hybridized carbons (Fsp3) is 0.125. The fourth-order valence-electron chi connectivity index (χ4n) is 0.910. The van der Waals surface area contributed by atoms with Crippen LogP contribution in [0.5, 0.6) is 0 Å². The van der Waals surface area contributed by atoms with Gasteiger partial charge >= 0.3 is 5.97 Å². The molecule has 1 aromatic carbocycles. The lowest BCUT2D eigenvalue weighted by Gasteiger charge is -2.02. The second kappa shape index (κ2) is 3.11. The molecule has 0 aliphatic rings. The molecule has 0 aliphatic carbocycles. The van der Waals surface area contributed by atoms with Gasteiger partial charge in [0.25, 0.3) is 0 Å². The van der Waals surface area contributed by atoms with Crippen LogP contribution in [0.25, 0.3) is 0 Å². The Morgan fingerprint density at radius 2 is 2.17 bits per heavy atom. The van der Waals surface area contributed by atoms with Crippen molar-refractivity contribution in [2.24, 2.45) is 0 Å². The summed E-state index contributed by atoms with van der Waals surface area (Å²) in [6.07, 6.45) is 0. The van der Waals surface area contributed by atoms with E-state index in [1.807, 2.05) is 0 Å². The summed E-state index contributed by atoms with van der Waals surface area (Å²) in [6.45, 7) is 1.56. The monoisotopic (exact) mass is 188 g/mol. The molecule has 4 heteroatoms. The van der Waals surface area contributed by atoms with Crippen LogP contribution in [-0.4, -0.2) is 11.1 Å². The maximum Gasteiger partial charge on any atom is 0.337 e. The smallest absolute Gasteiger partial charge is 0.337 e. The van der Waals surface area contributed by atoms with Crippen LogP contribution >= 0.6 is 11.6 Å². The zero-order valence-electron chi connectivity index (χ0n) is 6.27. The molecule has 1 rings (SSSR count). The third-order valence-corrected chi connectivity index (χ3v) is 1.89. The minimum absolute atomic E-state index is 0.170. The van der Waals surface area contributed by atoms with Gasteiger partial charge in [-0.15, -0.1) is 0 Å². The quantitative estimate of drug-likeness (QED) is 0.735. The molecule has 64 valence electrons. The number of carbonyl (C=O) groups is 1. The summed E-state index contributed by atoms with van der Waals surface area (Å²) in [7, 11) is 0. The lowest BCUT2D eigenvalue weighted by molar-refractivity contribution is 0.0696. The number of carboxylic acid groups (broad SMARTS) is 1. The van der Waals surface area contributed by atoms with Crippen LogP contribution in [0.2, 0.25) is 5.02 Å². The van der Waals surface area contributed by atoms with Gasteiger partial charge in [-0.1, -0.05) is 17.7 Å². The fourth-order valence-corrected chi connectivity index (χ4v) is 1.20. The predicted octanol–water partition coefficient (Wildman–Crippen LogP) is 2.49. The number of halogens is 2. The molecule has 0 atom stereocenters. The molecule has 0 fully saturated rings. The number of aromatic carboxylic acids is 1. The SMILES string of the molecule is Cc1ccc(F)c(Cl)c1C(=O)O. The number of aryl methyl sites for hydroxylation is 1. The summed E-state index contributed by atoms with van der Waals surface area (Å²) >= 11 is 5.44.